The standard InChI is InChI=1S/C14H17NO5/c1-9-3-5-12(20-2)10(7-9)4-6-13(17)15-8-11(16)14(18)19/h3-7,11,16H,8H2,1-2H3,(H,15,17)(H,18,19). The molecular formula is C14H17NO5. The average molecular weight is 279 g/mol. The number of carboxylic acids is 1. The molecule has 0 bridgehead atoms. The highest BCUT2D eigenvalue weighted by molar-refractivity contribution is 5.92. The zero-order chi connectivity index (χ0) is 15.1. The van der Waals surface area contributed by atoms with Gasteiger partial charge in [-0.05, 0) is 25.1 Å². The van der Waals surface area contributed by atoms with Crippen LogP contribution in [0, 0.1) is 6.92 Å². The summed E-state index contributed by atoms with van der Waals surface area (Å²) in [6.45, 7) is 1.57. The van der Waals surface area contributed by atoms with Crippen LogP contribution in [0.15, 0.2) is 24.3 Å². The van der Waals surface area contributed by atoms with Gasteiger partial charge in [-0.3, -0.25) is 4.79 Å². The fourth-order valence-electron chi connectivity index (χ4n) is 1.49. The largest absolute Gasteiger partial charge is 0.496 e. The summed E-state index contributed by atoms with van der Waals surface area (Å²) < 4.78 is 5.16. The van der Waals surface area contributed by atoms with Crippen LogP contribution in [0.1, 0.15) is 11.1 Å². The van der Waals surface area contributed by atoms with Crippen molar-refractivity contribution < 1.29 is 24.5 Å². The molecule has 6 heteroatoms. The molecule has 108 valence electrons. The van der Waals surface area contributed by atoms with Gasteiger partial charge in [0.2, 0.25) is 5.91 Å². The van der Waals surface area contributed by atoms with Gasteiger partial charge < -0.3 is 20.3 Å². The Morgan fingerprint density at radius 3 is 2.75 bits per heavy atom. The zero-order valence-electron chi connectivity index (χ0n) is 11.3. The summed E-state index contributed by atoms with van der Waals surface area (Å²) in [5, 5.41) is 19.8. The number of ether oxygens (including phenoxy) is 1. The molecule has 0 aliphatic heterocycles. The topological polar surface area (TPSA) is 95.9 Å². The molecule has 1 rings (SSSR count). The van der Waals surface area contributed by atoms with E-state index in [1.807, 2.05) is 19.1 Å². The van der Waals surface area contributed by atoms with E-state index < -0.39 is 18.0 Å². The molecule has 1 unspecified atom stereocenters. The molecule has 1 aromatic carbocycles. The van der Waals surface area contributed by atoms with Crippen molar-refractivity contribution in [1.29, 1.82) is 0 Å². The molecule has 0 spiro atoms. The van der Waals surface area contributed by atoms with Crippen LogP contribution in [0.2, 0.25) is 0 Å². The number of carboxylic acid groups (broad SMARTS) is 1. The SMILES string of the molecule is COc1ccc(C)cc1C=CC(=O)NCC(O)C(=O)O. The second kappa shape index (κ2) is 7.30. The first-order valence-electron chi connectivity index (χ1n) is 5.95. The summed E-state index contributed by atoms with van der Waals surface area (Å²) in [7, 11) is 1.53. The summed E-state index contributed by atoms with van der Waals surface area (Å²) in [5.41, 5.74) is 1.76. The van der Waals surface area contributed by atoms with Crippen molar-refractivity contribution in [2.45, 2.75) is 13.0 Å². The van der Waals surface area contributed by atoms with Crippen LogP contribution < -0.4 is 10.1 Å². The first kappa shape index (κ1) is 15.7. The number of hydrogen-bond donors (Lipinski definition) is 3. The van der Waals surface area contributed by atoms with Gasteiger partial charge in [-0.25, -0.2) is 4.79 Å². The molecule has 1 atom stereocenters. The Morgan fingerprint density at radius 1 is 1.45 bits per heavy atom. The lowest BCUT2D eigenvalue weighted by molar-refractivity contribution is -0.146. The number of rotatable bonds is 6. The van der Waals surface area contributed by atoms with E-state index in [1.54, 1.807) is 12.1 Å². The molecular weight excluding hydrogens is 262 g/mol. The minimum absolute atomic E-state index is 0.344. The number of carbonyl (C=O) groups is 2. The Balaban J connectivity index is 2.65. The molecule has 1 amide bonds. The van der Waals surface area contributed by atoms with Gasteiger partial charge in [0.25, 0.3) is 0 Å². The van der Waals surface area contributed by atoms with Crippen LogP contribution in [0.5, 0.6) is 5.75 Å². The van der Waals surface area contributed by atoms with Crippen LogP contribution in [0.4, 0.5) is 0 Å². The minimum atomic E-state index is -1.61. The molecule has 0 aromatic heterocycles. The van der Waals surface area contributed by atoms with E-state index in [9.17, 15) is 9.59 Å². The number of nitrogens with one attached hydrogen (secondary N) is 1. The highest BCUT2D eigenvalue weighted by Crippen LogP contribution is 2.20. The second-order valence-electron chi connectivity index (χ2n) is 4.18. The maximum Gasteiger partial charge on any atom is 0.334 e. The number of hydrogen-bond acceptors (Lipinski definition) is 4. The van der Waals surface area contributed by atoms with Crippen molar-refractivity contribution in [3.05, 3.63) is 35.4 Å². The van der Waals surface area contributed by atoms with E-state index in [4.69, 9.17) is 14.9 Å². The lowest BCUT2D eigenvalue weighted by atomic mass is 10.1. The maximum atomic E-state index is 11.5. The number of benzene rings is 1. The first-order chi connectivity index (χ1) is 9.43. The maximum absolute atomic E-state index is 11.5. The molecule has 0 saturated heterocycles. The van der Waals surface area contributed by atoms with Crippen molar-refractivity contribution in [2.75, 3.05) is 13.7 Å². The van der Waals surface area contributed by atoms with Crippen molar-refractivity contribution in [2.24, 2.45) is 0 Å². The minimum Gasteiger partial charge on any atom is -0.496 e. The Labute approximate surface area is 116 Å². The number of aliphatic hydroxyl groups is 1. The Kier molecular flexibility index (Phi) is 5.74. The second-order valence-corrected chi connectivity index (χ2v) is 4.18. The fourth-order valence-corrected chi connectivity index (χ4v) is 1.49. The quantitative estimate of drug-likeness (QED) is 0.662. The van der Waals surface area contributed by atoms with Gasteiger partial charge in [0.05, 0.1) is 13.7 Å². The predicted molar refractivity (Wildman–Crippen MR) is 73.4 cm³/mol. The van der Waals surface area contributed by atoms with Crippen molar-refractivity contribution >= 4 is 18.0 Å². The van der Waals surface area contributed by atoms with Crippen LogP contribution in [0.25, 0.3) is 6.08 Å². The molecule has 0 saturated carbocycles. The number of aliphatic hydroxyl groups excluding tert-OH is 1. The van der Waals surface area contributed by atoms with Gasteiger partial charge in [-0.1, -0.05) is 11.6 Å². The predicted octanol–water partition coefficient (Wildman–Crippen LogP) is 0.579. The van der Waals surface area contributed by atoms with E-state index in [-0.39, 0.29) is 6.54 Å². The summed E-state index contributed by atoms with van der Waals surface area (Å²) in [6, 6.07) is 5.54. The summed E-state index contributed by atoms with van der Waals surface area (Å²) in [5.74, 6) is -1.24. The Morgan fingerprint density at radius 2 is 2.15 bits per heavy atom. The smallest absolute Gasteiger partial charge is 0.334 e. The van der Waals surface area contributed by atoms with Gasteiger partial charge in [0, 0.05) is 11.6 Å². The third kappa shape index (κ3) is 4.74. The molecule has 0 aliphatic carbocycles. The molecule has 1 aromatic rings. The van der Waals surface area contributed by atoms with Crippen LogP contribution >= 0.6 is 0 Å². The third-order valence-electron chi connectivity index (χ3n) is 2.55. The normalized spacial score (nSPS) is 12.2. The van der Waals surface area contributed by atoms with Crippen molar-refractivity contribution in [3.8, 4) is 5.75 Å². The van der Waals surface area contributed by atoms with Crippen molar-refractivity contribution in [1.82, 2.24) is 5.32 Å². The zero-order valence-corrected chi connectivity index (χ0v) is 11.3. The molecule has 0 aliphatic rings. The number of amides is 1. The van der Waals surface area contributed by atoms with E-state index in [2.05, 4.69) is 5.32 Å². The number of aliphatic carboxylic acids is 1. The van der Waals surface area contributed by atoms with Crippen LogP contribution in [-0.2, 0) is 9.59 Å². The molecule has 3 N–H and O–H groups in total. The molecule has 6 nitrogen and oxygen atoms in total. The fraction of sp³-hybridized carbons (Fsp3) is 0.286. The highest BCUT2D eigenvalue weighted by atomic mass is 16.5. The van der Waals surface area contributed by atoms with E-state index in [0.717, 1.165) is 11.1 Å². The van der Waals surface area contributed by atoms with Gasteiger partial charge in [-0.15, -0.1) is 0 Å². The van der Waals surface area contributed by atoms with E-state index in [1.165, 1.54) is 13.2 Å². The number of carbonyl (C=O) groups excluding carboxylic acids is 1. The summed E-state index contributed by atoms with van der Waals surface area (Å²) in [4.78, 5) is 21.9. The van der Waals surface area contributed by atoms with Gasteiger partial charge >= 0.3 is 5.97 Å². The summed E-state index contributed by atoms with van der Waals surface area (Å²) >= 11 is 0. The third-order valence-corrected chi connectivity index (χ3v) is 2.55. The number of aryl methyl sites for hydroxylation is 1. The van der Waals surface area contributed by atoms with E-state index in [0.29, 0.717) is 5.75 Å². The molecule has 0 heterocycles. The van der Waals surface area contributed by atoms with E-state index >= 15 is 0 Å². The number of methoxy groups -OCH3 is 1. The average Bonchev–Trinajstić information content (AvgIpc) is 2.42. The monoisotopic (exact) mass is 279 g/mol. The van der Waals surface area contributed by atoms with Crippen molar-refractivity contribution in [3.63, 3.8) is 0 Å². The Hall–Kier alpha value is -2.34. The highest BCUT2D eigenvalue weighted by Gasteiger charge is 2.13. The van der Waals surface area contributed by atoms with Crippen LogP contribution in [0.3, 0.4) is 0 Å². The lowest BCUT2D eigenvalue weighted by Crippen LogP contribution is -2.35. The first-order valence-corrected chi connectivity index (χ1v) is 5.95. The molecule has 20 heavy (non-hydrogen) atoms. The molecule has 0 radical (unpaired) electrons. The molecule has 0 fully saturated rings. The van der Waals surface area contributed by atoms with Gasteiger partial charge in [0.1, 0.15) is 5.75 Å². The summed E-state index contributed by atoms with van der Waals surface area (Å²) in [6.07, 6.45) is 1.21. The van der Waals surface area contributed by atoms with Gasteiger partial charge in [0.15, 0.2) is 6.10 Å². The lowest BCUT2D eigenvalue weighted by Gasteiger charge is -2.07. The Bertz CT molecular complexity index is 524. The van der Waals surface area contributed by atoms with Gasteiger partial charge in [-0.2, -0.15) is 0 Å². The van der Waals surface area contributed by atoms with Crippen LogP contribution in [-0.4, -0.2) is 41.8 Å².